The second-order valence-corrected chi connectivity index (χ2v) is 0. The Morgan fingerprint density at radius 1 is 0.500 bits per heavy atom. The summed E-state index contributed by atoms with van der Waals surface area (Å²) in [6.45, 7) is 0. The maximum Gasteiger partial charge on any atom is 0 e. The summed E-state index contributed by atoms with van der Waals surface area (Å²) in [5, 5.41) is 0. The molecular formula is C3H12Bi. The first-order valence-corrected chi connectivity index (χ1v) is 0. The molecule has 0 aliphatic heterocycles. The third-order valence-corrected chi connectivity index (χ3v) is 0. The summed E-state index contributed by atoms with van der Waals surface area (Å²) in [5.74, 6) is 0. The average molecular weight is 257 g/mol. The summed E-state index contributed by atoms with van der Waals surface area (Å²) in [5.41, 5.74) is 0. The molecule has 0 amide bonds. The van der Waals surface area contributed by atoms with E-state index in [0.29, 0.717) is 0 Å². The summed E-state index contributed by atoms with van der Waals surface area (Å²) >= 11 is 0. The van der Waals surface area contributed by atoms with Gasteiger partial charge in [-0.05, 0) is 0 Å². The summed E-state index contributed by atoms with van der Waals surface area (Å²) in [4.78, 5) is 0. The molecule has 0 saturated carbocycles. The van der Waals surface area contributed by atoms with E-state index in [1.54, 1.807) is 0 Å². The van der Waals surface area contributed by atoms with Crippen LogP contribution in [-0.2, 0) is 0 Å². The van der Waals surface area contributed by atoms with Crippen LogP contribution in [0.1, 0.15) is 22.3 Å². The number of rotatable bonds is 0. The molecule has 0 aliphatic rings. The fourth-order valence-corrected chi connectivity index (χ4v) is 0. The molecule has 0 bridgehead atoms. The van der Waals surface area contributed by atoms with Gasteiger partial charge in [-0.25, -0.2) is 0 Å². The Labute approximate surface area is 48.7 Å². The van der Waals surface area contributed by atoms with Crippen LogP contribution >= 0.6 is 0 Å². The fraction of sp³-hybridized carbons (Fsp3) is 1.00. The van der Waals surface area contributed by atoms with Crippen molar-refractivity contribution in [3.8, 4) is 0 Å². The SMILES string of the molecule is C.C.C.[Bi]. The Balaban J connectivity index is 0. The van der Waals surface area contributed by atoms with Crippen molar-refractivity contribution in [1.29, 1.82) is 0 Å². The number of hydrogen-bond donors (Lipinski definition) is 0. The molecule has 0 fully saturated rings. The monoisotopic (exact) mass is 257 g/mol. The Morgan fingerprint density at radius 3 is 0.500 bits per heavy atom. The topological polar surface area (TPSA) is 0 Å². The summed E-state index contributed by atoms with van der Waals surface area (Å²) in [6, 6.07) is 0. The third-order valence-electron chi connectivity index (χ3n) is 0. The van der Waals surface area contributed by atoms with Crippen LogP contribution in [0, 0.1) is 0 Å². The van der Waals surface area contributed by atoms with E-state index in [0.717, 1.165) is 0 Å². The van der Waals surface area contributed by atoms with Gasteiger partial charge in [-0.2, -0.15) is 0 Å². The molecule has 0 unspecified atom stereocenters. The van der Waals surface area contributed by atoms with E-state index in [9.17, 15) is 0 Å². The van der Waals surface area contributed by atoms with Gasteiger partial charge in [0, 0.05) is 26.2 Å². The van der Waals surface area contributed by atoms with Crippen molar-refractivity contribution < 1.29 is 0 Å². The molecule has 0 rings (SSSR count). The molecule has 4 heavy (non-hydrogen) atoms. The van der Waals surface area contributed by atoms with E-state index in [1.807, 2.05) is 0 Å². The van der Waals surface area contributed by atoms with Crippen molar-refractivity contribution in [2.45, 2.75) is 22.3 Å². The average Bonchev–Trinajstić information content (AvgIpc) is 0. The Morgan fingerprint density at radius 2 is 0.500 bits per heavy atom. The predicted octanol–water partition coefficient (Wildman–Crippen LogP) is 1.53. The van der Waals surface area contributed by atoms with Gasteiger partial charge in [0.2, 0.25) is 0 Å². The molecule has 29 valence electrons. The molecule has 0 heterocycles. The van der Waals surface area contributed by atoms with E-state index in [2.05, 4.69) is 0 Å². The zero-order valence-corrected chi connectivity index (χ0v) is 3.92. The van der Waals surface area contributed by atoms with Gasteiger partial charge >= 0.3 is 0 Å². The van der Waals surface area contributed by atoms with Gasteiger partial charge in [-0.15, -0.1) is 0 Å². The van der Waals surface area contributed by atoms with E-state index in [1.165, 1.54) is 0 Å². The van der Waals surface area contributed by atoms with Crippen LogP contribution in [0.25, 0.3) is 0 Å². The van der Waals surface area contributed by atoms with E-state index < -0.39 is 0 Å². The van der Waals surface area contributed by atoms with Crippen molar-refractivity contribution in [2.75, 3.05) is 0 Å². The van der Waals surface area contributed by atoms with Crippen molar-refractivity contribution >= 4 is 26.2 Å². The fourth-order valence-electron chi connectivity index (χ4n) is 0. The normalized spacial score (nSPS) is 0. The van der Waals surface area contributed by atoms with Gasteiger partial charge < -0.3 is 0 Å². The Kier molecular flexibility index (Phi) is 977. The third kappa shape index (κ3) is 13.1. The zero-order chi connectivity index (χ0) is 0. The smallest absolute Gasteiger partial charge is 0 e. The van der Waals surface area contributed by atoms with Crippen molar-refractivity contribution in [1.82, 2.24) is 0 Å². The van der Waals surface area contributed by atoms with E-state index in [-0.39, 0.29) is 48.5 Å². The second-order valence-electron chi connectivity index (χ2n) is 0. The predicted molar refractivity (Wildman–Crippen MR) is 25.9 cm³/mol. The van der Waals surface area contributed by atoms with Crippen molar-refractivity contribution in [3.05, 3.63) is 0 Å². The van der Waals surface area contributed by atoms with Crippen molar-refractivity contribution in [3.63, 3.8) is 0 Å². The largest absolute Gasteiger partial charge is 0.0776 e. The molecule has 0 saturated heterocycles. The van der Waals surface area contributed by atoms with Gasteiger partial charge in [0.1, 0.15) is 0 Å². The standard InChI is InChI=1S/3CH4.Bi/h3*1H4;. The molecule has 0 aliphatic carbocycles. The molecule has 0 N–H and O–H groups in total. The maximum absolute atomic E-state index is 0. The molecule has 0 spiro atoms. The van der Waals surface area contributed by atoms with Crippen LogP contribution < -0.4 is 0 Å². The molecule has 0 aromatic heterocycles. The second kappa shape index (κ2) is 41.4. The molecule has 0 nitrogen and oxygen atoms in total. The van der Waals surface area contributed by atoms with Crippen LogP contribution in [0.3, 0.4) is 0 Å². The van der Waals surface area contributed by atoms with Gasteiger partial charge in [-0.1, -0.05) is 22.3 Å². The number of hydrogen-bond acceptors (Lipinski definition) is 0. The van der Waals surface area contributed by atoms with Gasteiger partial charge in [0.05, 0.1) is 0 Å². The summed E-state index contributed by atoms with van der Waals surface area (Å²) in [7, 11) is 0. The van der Waals surface area contributed by atoms with E-state index >= 15 is 0 Å². The summed E-state index contributed by atoms with van der Waals surface area (Å²) in [6.07, 6.45) is 0. The van der Waals surface area contributed by atoms with Gasteiger partial charge in [-0.3, -0.25) is 0 Å². The van der Waals surface area contributed by atoms with Gasteiger partial charge in [0.15, 0.2) is 0 Å². The molecular weight excluding hydrogens is 245 g/mol. The molecule has 3 radical (unpaired) electrons. The minimum atomic E-state index is 0. The first-order valence-electron chi connectivity index (χ1n) is 0. The first-order chi connectivity index (χ1) is 0. The Hall–Kier alpha value is 0.883. The van der Waals surface area contributed by atoms with Crippen molar-refractivity contribution in [2.24, 2.45) is 0 Å². The van der Waals surface area contributed by atoms with Crippen LogP contribution in [-0.4, -0.2) is 26.2 Å². The van der Waals surface area contributed by atoms with Crippen LogP contribution in [0.4, 0.5) is 0 Å². The first kappa shape index (κ1) is 94.4. The minimum absolute atomic E-state index is 0. The molecule has 0 atom stereocenters. The molecule has 0 aromatic rings. The molecule has 1 heteroatoms. The van der Waals surface area contributed by atoms with Gasteiger partial charge in [0.25, 0.3) is 0 Å². The zero-order valence-electron chi connectivity index (χ0n) is 0.447. The maximum atomic E-state index is 0. The van der Waals surface area contributed by atoms with Crippen LogP contribution in [0.5, 0.6) is 0 Å². The molecule has 0 aromatic carbocycles. The van der Waals surface area contributed by atoms with Crippen LogP contribution in [0.15, 0.2) is 0 Å². The Bertz CT molecular complexity index is 3.25. The van der Waals surface area contributed by atoms with E-state index in [4.69, 9.17) is 0 Å². The van der Waals surface area contributed by atoms with Crippen LogP contribution in [0.2, 0.25) is 0 Å². The minimum Gasteiger partial charge on any atom is -0.0776 e. The quantitative estimate of drug-likeness (QED) is 0.577. The summed E-state index contributed by atoms with van der Waals surface area (Å²) < 4.78 is 0.